The van der Waals surface area contributed by atoms with Gasteiger partial charge in [0, 0.05) is 6.54 Å². The number of ether oxygens (including phenoxy) is 2. The minimum absolute atomic E-state index is 0.109. The zero-order valence-electron chi connectivity index (χ0n) is 14.4. The van der Waals surface area contributed by atoms with Gasteiger partial charge < -0.3 is 14.8 Å². The Morgan fingerprint density at radius 2 is 1.85 bits per heavy atom. The van der Waals surface area contributed by atoms with Gasteiger partial charge in [-0.15, -0.1) is 0 Å². The van der Waals surface area contributed by atoms with Crippen molar-refractivity contribution in [3.05, 3.63) is 71.8 Å². The number of nitrogens with zero attached hydrogens (tertiary/aromatic N) is 2. The van der Waals surface area contributed by atoms with Gasteiger partial charge in [0.2, 0.25) is 5.91 Å². The number of nitrogens with one attached hydrogen (secondary N) is 2. The summed E-state index contributed by atoms with van der Waals surface area (Å²) >= 11 is 0. The van der Waals surface area contributed by atoms with Crippen LogP contribution in [0.5, 0.6) is 11.5 Å². The normalized spacial score (nSPS) is 10.3. The van der Waals surface area contributed by atoms with Crippen molar-refractivity contribution >= 4 is 5.91 Å². The van der Waals surface area contributed by atoms with E-state index >= 15 is 0 Å². The van der Waals surface area contributed by atoms with Crippen LogP contribution in [0.25, 0.3) is 0 Å². The van der Waals surface area contributed by atoms with Crippen molar-refractivity contribution < 1.29 is 14.3 Å². The van der Waals surface area contributed by atoms with E-state index in [1.54, 1.807) is 7.11 Å². The monoisotopic (exact) mass is 352 g/mol. The number of aromatic nitrogens is 3. The number of hydrogen-bond acceptors (Lipinski definition) is 5. The Kier molecular flexibility index (Phi) is 5.82. The number of H-pyrrole nitrogens is 1. The maximum atomic E-state index is 12.0. The van der Waals surface area contributed by atoms with E-state index in [0.29, 0.717) is 18.2 Å². The molecule has 0 aliphatic heterocycles. The van der Waals surface area contributed by atoms with E-state index in [9.17, 15) is 4.79 Å². The van der Waals surface area contributed by atoms with Crippen molar-refractivity contribution in [2.45, 2.75) is 19.6 Å². The fourth-order valence-electron chi connectivity index (χ4n) is 2.30. The van der Waals surface area contributed by atoms with Gasteiger partial charge in [-0.05, 0) is 29.8 Å². The molecule has 0 fully saturated rings. The molecular weight excluding hydrogens is 332 g/mol. The number of para-hydroxylation sites is 1. The van der Waals surface area contributed by atoms with Gasteiger partial charge in [0.05, 0.1) is 13.5 Å². The SMILES string of the molecule is COc1ccc(CNC(=O)Cc2n[nH]c(COc3ccccc3)n2)cc1. The summed E-state index contributed by atoms with van der Waals surface area (Å²) in [7, 11) is 1.62. The third-order valence-electron chi connectivity index (χ3n) is 3.66. The molecule has 0 unspecified atom stereocenters. The average molecular weight is 352 g/mol. The molecular formula is C19H20N4O3. The molecule has 7 heteroatoms. The second-order valence-corrected chi connectivity index (χ2v) is 5.60. The number of hydrogen-bond donors (Lipinski definition) is 2. The van der Waals surface area contributed by atoms with E-state index in [-0.39, 0.29) is 18.9 Å². The van der Waals surface area contributed by atoms with Crippen molar-refractivity contribution in [3.8, 4) is 11.5 Å². The van der Waals surface area contributed by atoms with Crippen LogP contribution in [0.4, 0.5) is 0 Å². The van der Waals surface area contributed by atoms with Crippen LogP contribution in [0.1, 0.15) is 17.2 Å². The van der Waals surface area contributed by atoms with Gasteiger partial charge >= 0.3 is 0 Å². The van der Waals surface area contributed by atoms with Crippen LogP contribution in [0, 0.1) is 0 Å². The van der Waals surface area contributed by atoms with E-state index in [2.05, 4.69) is 20.5 Å². The largest absolute Gasteiger partial charge is 0.497 e. The van der Waals surface area contributed by atoms with Crippen LogP contribution in [0.15, 0.2) is 54.6 Å². The third kappa shape index (κ3) is 5.07. The molecule has 3 aromatic rings. The predicted molar refractivity (Wildman–Crippen MR) is 95.7 cm³/mol. The van der Waals surface area contributed by atoms with Gasteiger partial charge in [0.25, 0.3) is 0 Å². The second kappa shape index (κ2) is 8.66. The molecule has 7 nitrogen and oxygen atoms in total. The lowest BCUT2D eigenvalue weighted by Crippen LogP contribution is -2.25. The smallest absolute Gasteiger partial charge is 0.228 e. The number of amides is 1. The molecule has 0 bridgehead atoms. The molecule has 0 saturated heterocycles. The highest BCUT2D eigenvalue weighted by Gasteiger charge is 2.09. The first-order chi connectivity index (χ1) is 12.7. The summed E-state index contributed by atoms with van der Waals surface area (Å²) in [6.07, 6.45) is 0.109. The quantitative estimate of drug-likeness (QED) is 0.649. The Morgan fingerprint density at radius 1 is 1.08 bits per heavy atom. The van der Waals surface area contributed by atoms with Crippen LogP contribution in [-0.2, 0) is 24.4 Å². The van der Waals surface area contributed by atoms with Crippen molar-refractivity contribution in [2.75, 3.05) is 7.11 Å². The zero-order chi connectivity index (χ0) is 18.2. The van der Waals surface area contributed by atoms with Crippen LogP contribution in [0.3, 0.4) is 0 Å². The fraction of sp³-hybridized carbons (Fsp3) is 0.211. The summed E-state index contributed by atoms with van der Waals surface area (Å²) < 4.78 is 10.7. The van der Waals surface area contributed by atoms with E-state index in [1.165, 1.54) is 0 Å². The first kappa shape index (κ1) is 17.5. The maximum absolute atomic E-state index is 12.0. The molecule has 134 valence electrons. The number of rotatable bonds is 8. The standard InChI is InChI=1S/C19H20N4O3/c1-25-15-9-7-14(8-10-15)12-20-19(24)11-17-21-18(23-22-17)13-26-16-5-3-2-4-6-16/h2-10H,11-13H2,1H3,(H,20,24)(H,21,22,23). The minimum atomic E-state index is -0.143. The summed E-state index contributed by atoms with van der Waals surface area (Å²) in [4.78, 5) is 16.3. The fourth-order valence-corrected chi connectivity index (χ4v) is 2.30. The van der Waals surface area contributed by atoms with Gasteiger partial charge in [-0.3, -0.25) is 9.89 Å². The number of carbonyl (C=O) groups is 1. The molecule has 0 saturated carbocycles. The van der Waals surface area contributed by atoms with Crippen molar-refractivity contribution in [2.24, 2.45) is 0 Å². The third-order valence-corrected chi connectivity index (χ3v) is 3.66. The highest BCUT2D eigenvalue weighted by Crippen LogP contribution is 2.11. The molecule has 1 heterocycles. The Morgan fingerprint density at radius 3 is 2.58 bits per heavy atom. The van der Waals surface area contributed by atoms with Gasteiger partial charge in [-0.2, -0.15) is 5.10 Å². The highest BCUT2D eigenvalue weighted by molar-refractivity contribution is 5.77. The minimum Gasteiger partial charge on any atom is -0.497 e. The Bertz CT molecular complexity index is 832. The van der Waals surface area contributed by atoms with Gasteiger partial charge in [0.15, 0.2) is 11.6 Å². The van der Waals surface area contributed by atoms with Crippen molar-refractivity contribution in [1.29, 1.82) is 0 Å². The van der Waals surface area contributed by atoms with E-state index in [1.807, 2.05) is 54.6 Å². The van der Waals surface area contributed by atoms with Crippen LogP contribution in [-0.4, -0.2) is 28.2 Å². The van der Waals surface area contributed by atoms with Crippen LogP contribution in [0.2, 0.25) is 0 Å². The second-order valence-electron chi connectivity index (χ2n) is 5.60. The molecule has 0 atom stereocenters. The van der Waals surface area contributed by atoms with Crippen molar-refractivity contribution in [1.82, 2.24) is 20.5 Å². The molecule has 2 N–H and O–H groups in total. The number of carbonyl (C=O) groups excluding carboxylic acids is 1. The lowest BCUT2D eigenvalue weighted by atomic mass is 10.2. The molecule has 1 aromatic heterocycles. The molecule has 1 amide bonds. The molecule has 26 heavy (non-hydrogen) atoms. The summed E-state index contributed by atoms with van der Waals surface area (Å²) in [6.45, 7) is 0.710. The molecule has 0 spiro atoms. The van der Waals surface area contributed by atoms with Crippen LogP contribution < -0.4 is 14.8 Å². The Labute approximate surface area is 151 Å². The average Bonchev–Trinajstić information content (AvgIpc) is 3.13. The predicted octanol–water partition coefficient (Wildman–Crippen LogP) is 2.25. The lowest BCUT2D eigenvalue weighted by molar-refractivity contribution is -0.120. The molecule has 2 aromatic carbocycles. The van der Waals surface area contributed by atoms with E-state index in [0.717, 1.165) is 17.1 Å². The Balaban J connectivity index is 1.44. The van der Waals surface area contributed by atoms with E-state index < -0.39 is 0 Å². The van der Waals surface area contributed by atoms with Gasteiger partial charge in [0.1, 0.15) is 18.1 Å². The number of aromatic amines is 1. The first-order valence-corrected chi connectivity index (χ1v) is 8.20. The molecule has 0 radical (unpaired) electrons. The molecule has 3 rings (SSSR count). The van der Waals surface area contributed by atoms with Crippen LogP contribution >= 0.6 is 0 Å². The highest BCUT2D eigenvalue weighted by atomic mass is 16.5. The van der Waals surface area contributed by atoms with E-state index in [4.69, 9.17) is 9.47 Å². The van der Waals surface area contributed by atoms with Gasteiger partial charge in [-0.1, -0.05) is 30.3 Å². The molecule has 0 aliphatic carbocycles. The maximum Gasteiger partial charge on any atom is 0.228 e. The van der Waals surface area contributed by atoms with Gasteiger partial charge in [-0.25, -0.2) is 4.98 Å². The lowest BCUT2D eigenvalue weighted by Gasteiger charge is -2.05. The summed E-state index contributed by atoms with van der Waals surface area (Å²) in [5.74, 6) is 2.40. The summed E-state index contributed by atoms with van der Waals surface area (Å²) in [5.41, 5.74) is 0.992. The molecule has 0 aliphatic rings. The summed E-state index contributed by atoms with van der Waals surface area (Å²) in [5, 5.41) is 9.69. The number of methoxy groups -OCH3 is 1. The Hall–Kier alpha value is -3.35. The first-order valence-electron chi connectivity index (χ1n) is 8.20. The van der Waals surface area contributed by atoms with Crippen molar-refractivity contribution in [3.63, 3.8) is 0 Å². The topological polar surface area (TPSA) is 89.1 Å². The number of benzene rings is 2. The zero-order valence-corrected chi connectivity index (χ0v) is 14.4. The summed E-state index contributed by atoms with van der Waals surface area (Å²) in [6, 6.07) is 17.0.